The Balaban J connectivity index is 2.08. The Hall–Kier alpha value is -1.10. The van der Waals surface area contributed by atoms with Gasteiger partial charge in [0.25, 0.3) is 0 Å². The zero-order valence-corrected chi connectivity index (χ0v) is 13.1. The second-order valence-corrected chi connectivity index (χ2v) is 5.70. The van der Waals surface area contributed by atoms with Crippen molar-refractivity contribution in [3.8, 4) is 5.75 Å². The minimum atomic E-state index is -0.452. The third-order valence-corrected chi connectivity index (χ3v) is 3.44. The molecule has 0 radical (unpaired) electrons. The Bertz CT molecular complexity index is 641. The Labute approximate surface area is 133 Å². The van der Waals surface area contributed by atoms with Crippen molar-refractivity contribution < 1.29 is 13.9 Å². The molecular weight excluding hydrogens is 370 g/mol. The van der Waals surface area contributed by atoms with Crippen LogP contribution in [0.2, 0.25) is 10.0 Å². The van der Waals surface area contributed by atoms with Crippen molar-refractivity contribution in [3.05, 3.63) is 62.3 Å². The molecule has 0 aliphatic carbocycles. The van der Waals surface area contributed by atoms with Gasteiger partial charge in [0, 0.05) is 21.1 Å². The number of ketones is 1. The second-order valence-electron chi connectivity index (χ2n) is 3.94. The number of ether oxygens (including phenoxy) is 1. The summed E-state index contributed by atoms with van der Waals surface area (Å²) in [6.07, 6.45) is 0. The van der Waals surface area contributed by atoms with Gasteiger partial charge in [-0.25, -0.2) is 4.39 Å². The van der Waals surface area contributed by atoms with E-state index in [9.17, 15) is 9.18 Å². The van der Waals surface area contributed by atoms with Gasteiger partial charge < -0.3 is 4.74 Å². The Morgan fingerprint density at radius 1 is 1.20 bits per heavy atom. The highest BCUT2D eigenvalue weighted by Crippen LogP contribution is 2.23. The Kier molecular flexibility index (Phi) is 5.02. The highest BCUT2D eigenvalue weighted by molar-refractivity contribution is 9.10. The summed E-state index contributed by atoms with van der Waals surface area (Å²) in [5, 5.41) is 0.702. The van der Waals surface area contributed by atoms with Crippen LogP contribution < -0.4 is 4.74 Å². The van der Waals surface area contributed by atoms with Gasteiger partial charge in [0.05, 0.1) is 5.02 Å². The molecular formula is C14H8BrCl2FO2. The van der Waals surface area contributed by atoms with Gasteiger partial charge in [-0.3, -0.25) is 4.79 Å². The summed E-state index contributed by atoms with van der Waals surface area (Å²) in [6, 6.07) is 8.64. The van der Waals surface area contributed by atoms with E-state index in [1.54, 1.807) is 12.1 Å². The molecule has 6 heteroatoms. The molecule has 0 saturated heterocycles. The molecule has 0 aromatic heterocycles. The summed E-state index contributed by atoms with van der Waals surface area (Å²) >= 11 is 14.8. The lowest BCUT2D eigenvalue weighted by Gasteiger charge is -2.07. The average molecular weight is 378 g/mol. The Morgan fingerprint density at radius 3 is 2.60 bits per heavy atom. The van der Waals surface area contributed by atoms with Crippen molar-refractivity contribution in [3.63, 3.8) is 0 Å². The van der Waals surface area contributed by atoms with Crippen molar-refractivity contribution in [2.45, 2.75) is 0 Å². The predicted molar refractivity (Wildman–Crippen MR) is 80.4 cm³/mol. The molecule has 0 aliphatic rings. The van der Waals surface area contributed by atoms with Crippen LogP contribution in [0.25, 0.3) is 0 Å². The van der Waals surface area contributed by atoms with Gasteiger partial charge in [-0.15, -0.1) is 0 Å². The van der Waals surface area contributed by atoms with E-state index < -0.39 is 5.82 Å². The third kappa shape index (κ3) is 3.95. The summed E-state index contributed by atoms with van der Waals surface area (Å²) in [4.78, 5) is 12.0. The van der Waals surface area contributed by atoms with Gasteiger partial charge in [-0.05, 0) is 30.3 Å². The summed E-state index contributed by atoms with van der Waals surface area (Å²) < 4.78 is 18.9. The smallest absolute Gasteiger partial charge is 0.201 e. The summed E-state index contributed by atoms with van der Waals surface area (Å²) in [7, 11) is 0. The Morgan fingerprint density at radius 2 is 1.95 bits per heavy atom. The van der Waals surface area contributed by atoms with Gasteiger partial charge in [0.2, 0.25) is 5.78 Å². The first-order chi connectivity index (χ1) is 9.45. The second kappa shape index (κ2) is 6.57. The van der Waals surface area contributed by atoms with E-state index in [1.807, 2.05) is 0 Å². The van der Waals surface area contributed by atoms with Gasteiger partial charge in [-0.2, -0.15) is 0 Å². The molecule has 0 saturated carbocycles. The molecule has 0 bridgehead atoms. The van der Waals surface area contributed by atoms with Crippen LogP contribution in [0.15, 0.2) is 40.9 Å². The largest absolute Gasteiger partial charge is 0.485 e. The number of rotatable bonds is 4. The minimum Gasteiger partial charge on any atom is -0.485 e. The molecule has 20 heavy (non-hydrogen) atoms. The van der Waals surface area contributed by atoms with E-state index >= 15 is 0 Å². The summed E-state index contributed by atoms with van der Waals surface area (Å²) in [5.41, 5.74) is 0.312. The molecule has 2 nitrogen and oxygen atoms in total. The van der Waals surface area contributed by atoms with Gasteiger partial charge in [-0.1, -0.05) is 39.1 Å². The standard InChI is InChI=1S/C14H8BrCl2FO2/c15-8-3-10(18)6-11(4-8)20-7-14(19)12-2-1-9(16)5-13(12)17/h1-6H,7H2. The first kappa shape index (κ1) is 15.3. The van der Waals surface area contributed by atoms with Crippen molar-refractivity contribution in [1.29, 1.82) is 0 Å². The van der Waals surface area contributed by atoms with Crippen LogP contribution in [0.5, 0.6) is 5.75 Å². The van der Waals surface area contributed by atoms with Gasteiger partial charge in [0.1, 0.15) is 11.6 Å². The van der Waals surface area contributed by atoms with E-state index in [-0.39, 0.29) is 23.2 Å². The molecule has 2 rings (SSSR count). The number of benzene rings is 2. The SMILES string of the molecule is O=C(COc1cc(F)cc(Br)c1)c1ccc(Cl)cc1Cl. The van der Waals surface area contributed by atoms with Crippen LogP contribution >= 0.6 is 39.1 Å². The van der Waals surface area contributed by atoms with Crippen molar-refractivity contribution in [1.82, 2.24) is 0 Å². The van der Waals surface area contributed by atoms with Crippen LogP contribution in [0, 0.1) is 5.82 Å². The van der Waals surface area contributed by atoms with Crippen molar-refractivity contribution in [2.24, 2.45) is 0 Å². The van der Waals surface area contributed by atoms with Crippen LogP contribution in [-0.4, -0.2) is 12.4 Å². The number of Topliss-reactive ketones (excluding diaryl/α,β-unsaturated/α-hetero) is 1. The fourth-order valence-electron chi connectivity index (χ4n) is 1.55. The lowest BCUT2D eigenvalue weighted by Crippen LogP contribution is -2.12. The molecule has 2 aromatic carbocycles. The average Bonchev–Trinajstić information content (AvgIpc) is 2.35. The van der Waals surface area contributed by atoms with Crippen LogP contribution in [0.1, 0.15) is 10.4 Å². The quantitative estimate of drug-likeness (QED) is 0.688. The number of carbonyl (C=O) groups is 1. The third-order valence-electron chi connectivity index (χ3n) is 2.44. The van der Waals surface area contributed by atoms with Crippen LogP contribution in [0.3, 0.4) is 0 Å². The highest BCUT2D eigenvalue weighted by Gasteiger charge is 2.12. The fraction of sp³-hybridized carbons (Fsp3) is 0.0714. The molecule has 0 amide bonds. The maximum atomic E-state index is 13.2. The minimum absolute atomic E-state index is 0.239. The number of hydrogen-bond donors (Lipinski definition) is 0. The van der Waals surface area contributed by atoms with Gasteiger partial charge in [0.15, 0.2) is 6.61 Å². The monoisotopic (exact) mass is 376 g/mol. The van der Waals surface area contributed by atoms with E-state index in [0.717, 1.165) is 0 Å². The normalized spacial score (nSPS) is 10.4. The molecule has 0 N–H and O–H groups in total. The fourth-order valence-corrected chi connectivity index (χ4v) is 2.51. The molecule has 0 fully saturated rings. The lowest BCUT2D eigenvalue weighted by atomic mass is 10.1. The van der Waals surface area contributed by atoms with E-state index in [4.69, 9.17) is 27.9 Å². The molecule has 0 unspecified atom stereocenters. The maximum absolute atomic E-state index is 13.2. The molecule has 104 valence electrons. The lowest BCUT2D eigenvalue weighted by molar-refractivity contribution is 0.0921. The van der Waals surface area contributed by atoms with E-state index in [2.05, 4.69) is 15.9 Å². The number of halogens is 4. The zero-order valence-electron chi connectivity index (χ0n) is 10.00. The van der Waals surface area contributed by atoms with Crippen LogP contribution in [-0.2, 0) is 0 Å². The summed E-state index contributed by atoms with van der Waals surface area (Å²) in [6.45, 7) is -0.239. The highest BCUT2D eigenvalue weighted by atomic mass is 79.9. The number of hydrogen-bond acceptors (Lipinski definition) is 2. The molecule has 0 heterocycles. The molecule has 0 aliphatic heterocycles. The first-order valence-corrected chi connectivity index (χ1v) is 7.08. The number of carbonyl (C=O) groups excluding carboxylic acids is 1. The molecule has 0 atom stereocenters. The molecule has 0 spiro atoms. The molecule has 2 aromatic rings. The first-order valence-electron chi connectivity index (χ1n) is 5.53. The topological polar surface area (TPSA) is 26.3 Å². The summed E-state index contributed by atoms with van der Waals surface area (Å²) in [5.74, 6) is -0.506. The predicted octanol–water partition coefficient (Wildman–Crippen LogP) is 5.16. The van der Waals surface area contributed by atoms with Crippen molar-refractivity contribution >= 4 is 44.9 Å². The van der Waals surface area contributed by atoms with E-state index in [1.165, 1.54) is 24.3 Å². The van der Waals surface area contributed by atoms with Crippen molar-refractivity contribution in [2.75, 3.05) is 6.61 Å². The van der Waals surface area contributed by atoms with E-state index in [0.29, 0.717) is 15.1 Å². The van der Waals surface area contributed by atoms with Gasteiger partial charge >= 0.3 is 0 Å². The zero-order chi connectivity index (χ0) is 14.7. The van der Waals surface area contributed by atoms with Crippen LogP contribution in [0.4, 0.5) is 4.39 Å². The maximum Gasteiger partial charge on any atom is 0.201 e.